The summed E-state index contributed by atoms with van der Waals surface area (Å²) >= 11 is 6.42. The summed E-state index contributed by atoms with van der Waals surface area (Å²) in [5, 5.41) is 6.38. The molecule has 10 heteroatoms. The van der Waals surface area contributed by atoms with Gasteiger partial charge in [-0.15, -0.1) is 0 Å². The first-order valence-electron chi connectivity index (χ1n) is 12.5. The summed E-state index contributed by atoms with van der Waals surface area (Å²) in [5.41, 5.74) is 1.61. The monoisotopic (exact) mass is 538 g/mol. The van der Waals surface area contributed by atoms with E-state index in [-0.39, 0.29) is 18.7 Å². The van der Waals surface area contributed by atoms with Crippen LogP contribution in [0, 0.1) is 5.82 Å². The van der Waals surface area contributed by atoms with E-state index in [0.29, 0.717) is 48.2 Å². The molecule has 0 unspecified atom stereocenters. The van der Waals surface area contributed by atoms with Gasteiger partial charge in [-0.3, -0.25) is 14.5 Å². The maximum atomic E-state index is 14.9. The summed E-state index contributed by atoms with van der Waals surface area (Å²) < 4.78 is 25.6. The van der Waals surface area contributed by atoms with E-state index in [1.54, 1.807) is 36.4 Å². The van der Waals surface area contributed by atoms with Crippen molar-refractivity contribution in [1.29, 1.82) is 0 Å². The van der Waals surface area contributed by atoms with Crippen molar-refractivity contribution in [3.8, 4) is 0 Å². The Balaban J connectivity index is 1.41. The number of ether oxygens (including phenoxy) is 1. The predicted octanol–water partition coefficient (Wildman–Crippen LogP) is 4.22. The second-order valence-electron chi connectivity index (χ2n) is 9.16. The topological polar surface area (TPSA) is 78.6 Å². The van der Waals surface area contributed by atoms with Crippen molar-refractivity contribution in [3.63, 3.8) is 0 Å². The first-order chi connectivity index (χ1) is 18.5. The Morgan fingerprint density at radius 1 is 1.05 bits per heavy atom. The van der Waals surface area contributed by atoms with Gasteiger partial charge in [0.05, 0.1) is 31.2 Å². The van der Waals surface area contributed by atoms with Gasteiger partial charge in [-0.05, 0) is 24.3 Å². The van der Waals surface area contributed by atoms with E-state index in [4.69, 9.17) is 20.8 Å². The minimum absolute atomic E-state index is 0.145. The van der Waals surface area contributed by atoms with E-state index in [9.17, 15) is 14.0 Å². The van der Waals surface area contributed by atoms with Crippen molar-refractivity contribution < 1.29 is 23.1 Å². The Morgan fingerprint density at radius 2 is 1.82 bits per heavy atom. The third-order valence-electron chi connectivity index (χ3n) is 6.75. The lowest BCUT2D eigenvalue weighted by atomic mass is 9.98. The quantitative estimate of drug-likeness (QED) is 0.429. The second kappa shape index (κ2) is 11.9. The Bertz CT molecular complexity index is 1310. The van der Waals surface area contributed by atoms with Gasteiger partial charge in [-0.2, -0.15) is 5.10 Å². The fourth-order valence-electron chi connectivity index (χ4n) is 4.72. The SMILES string of the molecule is O=C(c1ccco1)N(CCN1CCOCC1)CC(=O)N1N=C(c2ccccc2Cl)C[C@@H]1c1ccccc1F. The van der Waals surface area contributed by atoms with Gasteiger partial charge < -0.3 is 14.1 Å². The van der Waals surface area contributed by atoms with E-state index in [2.05, 4.69) is 10.0 Å². The Hall–Kier alpha value is -3.53. The molecule has 0 spiro atoms. The number of hydrazone groups is 1. The van der Waals surface area contributed by atoms with Crippen LogP contribution in [0.25, 0.3) is 0 Å². The van der Waals surface area contributed by atoms with E-state index in [1.165, 1.54) is 22.2 Å². The zero-order valence-corrected chi connectivity index (χ0v) is 21.5. The standard InChI is InChI=1S/C28H28ClFN4O4/c29-22-8-3-1-6-20(22)24-18-25(21-7-2-4-9-23(21)30)34(31-24)27(35)19-33(28(36)26-10-5-15-38-26)12-11-32-13-16-37-17-14-32/h1-10,15,25H,11-14,16-19H2/t25-/m1/s1. The molecule has 3 heterocycles. The molecule has 3 aromatic rings. The van der Waals surface area contributed by atoms with Crippen LogP contribution in [0.4, 0.5) is 4.39 Å². The van der Waals surface area contributed by atoms with Gasteiger partial charge in [0.1, 0.15) is 12.4 Å². The first-order valence-corrected chi connectivity index (χ1v) is 12.9. The number of rotatable bonds is 8. The second-order valence-corrected chi connectivity index (χ2v) is 9.57. The van der Waals surface area contributed by atoms with Gasteiger partial charge in [-0.1, -0.05) is 48.0 Å². The van der Waals surface area contributed by atoms with Crippen molar-refractivity contribution >= 4 is 29.1 Å². The number of hydrogen-bond donors (Lipinski definition) is 0. The van der Waals surface area contributed by atoms with Crippen LogP contribution in [0.2, 0.25) is 5.02 Å². The summed E-state index contributed by atoms with van der Waals surface area (Å²) in [7, 11) is 0. The number of morpholine rings is 1. The van der Waals surface area contributed by atoms with Crippen LogP contribution >= 0.6 is 11.6 Å². The molecule has 0 bridgehead atoms. The molecule has 0 aliphatic carbocycles. The predicted molar refractivity (Wildman–Crippen MR) is 140 cm³/mol. The lowest BCUT2D eigenvalue weighted by Gasteiger charge is -2.30. The molecule has 8 nitrogen and oxygen atoms in total. The summed E-state index contributed by atoms with van der Waals surface area (Å²) in [6.07, 6.45) is 1.71. The molecular weight excluding hydrogens is 511 g/mol. The molecule has 1 saturated heterocycles. The lowest BCUT2D eigenvalue weighted by Crippen LogP contribution is -2.46. The number of carbonyl (C=O) groups is 2. The van der Waals surface area contributed by atoms with Crippen LogP contribution in [0.3, 0.4) is 0 Å². The fraction of sp³-hybridized carbons (Fsp3) is 0.321. The number of furan rings is 1. The van der Waals surface area contributed by atoms with Crippen molar-refractivity contribution in [2.24, 2.45) is 5.10 Å². The van der Waals surface area contributed by atoms with Crippen LogP contribution < -0.4 is 0 Å². The van der Waals surface area contributed by atoms with Gasteiger partial charge in [0.15, 0.2) is 5.76 Å². The van der Waals surface area contributed by atoms with Crippen LogP contribution in [0.1, 0.15) is 34.1 Å². The van der Waals surface area contributed by atoms with Gasteiger partial charge >= 0.3 is 0 Å². The molecule has 2 aliphatic rings. The maximum Gasteiger partial charge on any atom is 0.290 e. The van der Waals surface area contributed by atoms with Crippen LogP contribution in [0.5, 0.6) is 0 Å². The van der Waals surface area contributed by atoms with Gasteiger partial charge in [0.2, 0.25) is 0 Å². The van der Waals surface area contributed by atoms with Crippen LogP contribution in [-0.4, -0.2) is 78.3 Å². The number of halogens is 2. The molecule has 0 saturated carbocycles. The van der Waals surface area contributed by atoms with Gasteiger partial charge in [0, 0.05) is 48.7 Å². The van der Waals surface area contributed by atoms with Gasteiger partial charge in [0.25, 0.3) is 11.8 Å². The Kier molecular flexibility index (Phi) is 8.17. The summed E-state index contributed by atoms with van der Waals surface area (Å²) in [4.78, 5) is 30.7. The molecular formula is C28H28ClFN4O4. The number of amides is 2. The van der Waals surface area contributed by atoms with Crippen LogP contribution in [0.15, 0.2) is 76.4 Å². The zero-order valence-electron chi connectivity index (χ0n) is 20.8. The largest absolute Gasteiger partial charge is 0.459 e. The number of benzene rings is 2. The molecule has 198 valence electrons. The first kappa shape index (κ1) is 26.1. The summed E-state index contributed by atoms with van der Waals surface area (Å²) in [6, 6.07) is 16.1. The highest BCUT2D eigenvalue weighted by Gasteiger charge is 2.36. The Morgan fingerprint density at radius 3 is 2.55 bits per heavy atom. The number of carbonyl (C=O) groups excluding carboxylic acids is 2. The Labute approximate surface area is 225 Å². The molecule has 1 atom stereocenters. The summed E-state index contributed by atoms with van der Waals surface area (Å²) in [6.45, 7) is 3.41. The van der Waals surface area contributed by atoms with Crippen LogP contribution in [-0.2, 0) is 9.53 Å². The maximum absolute atomic E-state index is 14.9. The molecule has 2 amide bonds. The molecule has 38 heavy (non-hydrogen) atoms. The number of hydrogen-bond acceptors (Lipinski definition) is 6. The molecule has 0 N–H and O–H groups in total. The average Bonchev–Trinajstić information content (AvgIpc) is 3.63. The third kappa shape index (κ3) is 5.80. The van der Waals surface area contributed by atoms with E-state index >= 15 is 0 Å². The van der Waals surface area contributed by atoms with Crippen molar-refractivity contribution in [2.45, 2.75) is 12.5 Å². The molecule has 0 radical (unpaired) electrons. The van der Waals surface area contributed by atoms with Gasteiger partial charge in [-0.25, -0.2) is 9.40 Å². The molecule has 1 fully saturated rings. The smallest absolute Gasteiger partial charge is 0.290 e. The summed E-state index contributed by atoms with van der Waals surface area (Å²) in [5.74, 6) is -1.11. The molecule has 1 aromatic heterocycles. The highest BCUT2D eigenvalue weighted by Crippen LogP contribution is 2.35. The third-order valence-corrected chi connectivity index (χ3v) is 7.08. The minimum atomic E-state index is -0.671. The van der Waals surface area contributed by atoms with Crippen molar-refractivity contribution in [3.05, 3.63) is 94.7 Å². The van der Waals surface area contributed by atoms with E-state index < -0.39 is 23.7 Å². The fourth-order valence-corrected chi connectivity index (χ4v) is 4.96. The molecule has 2 aliphatic heterocycles. The van der Waals surface area contributed by atoms with Crippen molar-refractivity contribution in [2.75, 3.05) is 45.9 Å². The zero-order chi connectivity index (χ0) is 26.5. The van der Waals surface area contributed by atoms with Crippen molar-refractivity contribution in [1.82, 2.24) is 14.8 Å². The molecule has 2 aromatic carbocycles. The van der Waals surface area contributed by atoms with E-state index in [1.807, 2.05) is 18.2 Å². The number of nitrogens with zero attached hydrogens (tertiary/aromatic N) is 4. The molecule has 5 rings (SSSR count). The normalized spacial score (nSPS) is 17.9. The average molecular weight is 539 g/mol. The highest BCUT2D eigenvalue weighted by molar-refractivity contribution is 6.34. The minimum Gasteiger partial charge on any atom is -0.459 e. The van der Waals surface area contributed by atoms with E-state index in [0.717, 1.165) is 13.1 Å². The lowest BCUT2D eigenvalue weighted by molar-refractivity contribution is -0.133. The highest BCUT2D eigenvalue weighted by atomic mass is 35.5.